The molecule has 0 aromatic heterocycles. The molecule has 4 rings (SSSR count). The summed E-state index contributed by atoms with van der Waals surface area (Å²) in [4.78, 5) is 15.3. The minimum absolute atomic E-state index is 0.00944. The van der Waals surface area contributed by atoms with E-state index in [2.05, 4.69) is 5.32 Å². The Bertz CT molecular complexity index is 541. The Balaban J connectivity index is 1.42. The van der Waals surface area contributed by atoms with E-state index in [9.17, 15) is 15.0 Å². The summed E-state index contributed by atoms with van der Waals surface area (Å²) in [5.41, 5.74) is 0. The standard InChI is InChI=1S/C21H36N2O5/c1-2-28-19-9-15(24)8-18(25)20(19)21(26)23-10-13-4-3-5-17(16(13)11-23)22-14-6-7-27-12-14/h13-20,22,24-25H,2-12H2,1H3. The van der Waals surface area contributed by atoms with E-state index in [0.29, 0.717) is 36.9 Å². The fourth-order valence-corrected chi connectivity index (χ4v) is 5.93. The van der Waals surface area contributed by atoms with Crippen LogP contribution in [0.4, 0.5) is 0 Å². The van der Waals surface area contributed by atoms with Crippen molar-refractivity contribution >= 4 is 5.91 Å². The van der Waals surface area contributed by atoms with E-state index in [1.807, 2.05) is 11.8 Å². The smallest absolute Gasteiger partial charge is 0.230 e. The van der Waals surface area contributed by atoms with Gasteiger partial charge in [0.2, 0.25) is 5.91 Å². The fourth-order valence-electron chi connectivity index (χ4n) is 5.93. The Morgan fingerprint density at radius 1 is 1.21 bits per heavy atom. The molecule has 0 radical (unpaired) electrons. The van der Waals surface area contributed by atoms with Crippen molar-refractivity contribution in [1.82, 2.24) is 10.2 Å². The van der Waals surface area contributed by atoms with E-state index < -0.39 is 24.2 Å². The molecule has 8 unspecified atom stereocenters. The molecule has 2 saturated heterocycles. The molecule has 4 aliphatic rings. The molecule has 3 N–H and O–H groups in total. The number of aliphatic hydroxyl groups is 2. The summed E-state index contributed by atoms with van der Waals surface area (Å²) in [6.45, 7) is 5.56. The fraction of sp³-hybridized carbons (Fsp3) is 0.952. The van der Waals surface area contributed by atoms with Crippen molar-refractivity contribution in [3.05, 3.63) is 0 Å². The molecule has 2 saturated carbocycles. The Kier molecular flexibility index (Phi) is 6.57. The number of likely N-dealkylation sites (tertiary alicyclic amines) is 1. The SMILES string of the molecule is CCOC1CC(O)CC(O)C1C(=O)N1CC2CCCC(NC3CCOC3)C2C1. The molecule has 8 atom stereocenters. The molecule has 0 aromatic carbocycles. The van der Waals surface area contributed by atoms with Gasteiger partial charge < -0.3 is 29.9 Å². The van der Waals surface area contributed by atoms with E-state index in [1.165, 1.54) is 19.3 Å². The van der Waals surface area contributed by atoms with E-state index in [-0.39, 0.29) is 12.3 Å². The molecular formula is C21H36N2O5. The van der Waals surface area contributed by atoms with Crippen molar-refractivity contribution in [3.8, 4) is 0 Å². The zero-order chi connectivity index (χ0) is 19.7. The maximum absolute atomic E-state index is 13.4. The van der Waals surface area contributed by atoms with Crippen molar-refractivity contribution in [3.63, 3.8) is 0 Å². The van der Waals surface area contributed by atoms with Crippen molar-refractivity contribution < 1.29 is 24.5 Å². The number of hydrogen-bond donors (Lipinski definition) is 3. The minimum Gasteiger partial charge on any atom is -0.393 e. The first-order valence-electron chi connectivity index (χ1n) is 11.2. The van der Waals surface area contributed by atoms with Crippen molar-refractivity contribution in [2.24, 2.45) is 17.8 Å². The minimum atomic E-state index is -0.833. The molecule has 160 valence electrons. The molecule has 0 spiro atoms. The van der Waals surface area contributed by atoms with Gasteiger partial charge in [0.25, 0.3) is 0 Å². The summed E-state index contributed by atoms with van der Waals surface area (Å²) in [6, 6.07) is 0.890. The van der Waals surface area contributed by atoms with Crippen molar-refractivity contribution in [2.75, 3.05) is 32.9 Å². The molecule has 28 heavy (non-hydrogen) atoms. The molecule has 0 aromatic rings. The van der Waals surface area contributed by atoms with Crippen LogP contribution < -0.4 is 5.32 Å². The number of nitrogens with zero attached hydrogens (tertiary/aromatic N) is 1. The van der Waals surface area contributed by atoms with Gasteiger partial charge in [0.05, 0.1) is 30.8 Å². The topological polar surface area (TPSA) is 91.3 Å². The van der Waals surface area contributed by atoms with Gasteiger partial charge in [-0.05, 0) is 38.0 Å². The summed E-state index contributed by atoms with van der Waals surface area (Å²) >= 11 is 0. The third-order valence-corrected chi connectivity index (χ3v) is 7.29. The third-order valence-electron chi connectivity index (χ3n) is 7.29. The molecule has 7 heteroatoms. The lowest BCUT2D eigenvalue weighted by Gasteiger charge is -2.38. The van der Waals surface area contributed by atoms with Gasteiger partial charge in [0.1, 0.15) is 0 Å². The van der Waals surface area contributed by atoms with Crippen LogP contribution in [0.25, 0.3) is 0 Å². The normalized spacial score (nSPS) is 43.9. The largest absolute Gasteiger partial charge is 0.393 e. The lowest BCUT2D eigenvalue weighted by Crippen LogP contribution is -2.52. The highest BCUT2D eigenvalue weighted by Gasteiger charge is 2.48. The molecule has 2 heterocycles. The van der Waals surface area contributed by atoms with Crippen molar-refractivity contribution in [1.29, 1.82) is 0 Å². The van der Waals surface area contributed by atoms with E-state index in [4.69, 9.17) is 9.47 Å². The van der Waals surface area contributed by atoms with E-state index in [1.54, 1.807) is 0 Å². The second kappa shape index (κ2) is 8.96. The third kappa shape index (κ3) is 4.24. The summed E-state index contributed by atoms with van der Waals surface area (Å²) in [5, 5.41) is 24.4. The summed E-state index contributed by atoms with van der Waals surface area (Å²) in [5.74, 6) is 0.470. The second-order valence-electron chi connectivity index (χ2n) is 9.14. The molecular weight excluding hydrogens is 360 g/mol. The second-order valence-corrected chi connectivity index (χ2v) is 9.14. The number of nitrogens with one attached hydrogen (secondary N) is 1. The Hall–Kier alpha value is -0.730. The predicted molar refractivity (Wildman–Crippen MR) is 104 cm³/mol. The average Bonchev–Trinajstić information content (AvgIpc) is 3.31. The number of carbonyl (C=O) groups is 1. The number of fused-ring (bicyclic) bond motifs is 1. The number of carbonyl (C=O) groups excluding carboxylic acids is 1. The zero-order valence-electron chi connectivity index (χ0n) is 17.0. The zero-order valence-corrected chi connectivity index (χ0v) is 17.0. The Morgan fingerprint density at radius 3 is 2.82 bits per heavy atom. The van der Waals surface area contributed by atoms with Crippen LogP contribution in [0.1, 0.15) is 45.4 Å². The van der Waals surface area contributed by atoms with Crippen LogP contribution in [0.15, 0.2) is 0 Å². The predicted octanol–water partition coefficient (Wildman–Crippen LogP) is 0.529. The van der Waals surface area contributed by atoms with Crippen LogP contribution in [0.3, 0.4) is 0 Å². The Morgan fingerprint density at radius 2 is 2.07 bits per heavy atom. The number of rotatable bonds is 5. The first-order valence-corrected chi connectivity index (χ1v) is 11.2. The molecule has 1 amide bonds. The van der Waals surface area contributed by atoms with Gasteiger partial charge in [0, 0.05) is 51.2 Å². The number of aliphatic hydroxyl groups excluding tert-OH is 2. The van der Waals surface area contributed by atoms with Gasteiger partial charge in [-0.1, -0.05) is 6.42 Å². The molecule has 2 aliphatic carbocycles. The van der Waals surface area contributed by atoms with Gasteiger partial charge >= 0.3 is 0 Å². The van der Waals surface area contributed by atoms with Crippen LogP contribution in [-0.4, -0.2) is 84.3 Å². The van der Waals surface area contributed by atoms with Gasteiger partial charge in [-0.2, -0.15) is 0 Å². The van der Waals surface area contributed by atoms with Gasteiger partial charge in [-0.25, -0.2) is 0 Å². The molecule has 7 nitrogen and oxygen atoms in total. The first-order chi connectivity index (χ1) is 13.6. The lowest BCUT2D eigenvalue weighted by molar-refractivity contribution is -0.156. The van der Waals surface area contributed by atoms with Crippen LogP contribution in [0, 0.1) is 17.8 Å². The first kappa shape index (κ1) is 20.5. The van der Waals surface area contributed by atoms with Crippen LogP contribution in [-0.2, 0) is 14.3 Å². The monoisotopic (exact) mass is 396 g/mol. The maximum Gasteiger partial charge on any atom is 0.230 e. The number of amides is 1. The van der Waals surface area contributed by atoms with Gasteiger partial charge in [-0.3, -0.25) is 4.79 Å². The van der Waals surface area contributed by atoms with Gasteiger partial charge in [0.15, 0.2) is 0 Å². The average molecular weight is 397 g/mol. The highest BCUT2D eigenvalue weighted by molar-refractivity contribution is 5.80. The van der Waals surface area contributed by atoms with E-state index >= 15 is 0 Å². The highest BCUT2D eigenvalue weighted by Crippen LogP contribution is 2.39. The summed E-state index contributed by atoms with van der Waals surface area (Å²) < 4.78 is 11.3. The number of hydrogen-bond acceptors (Lipinski definition) is 6. The highest BCUT2D eigenvalue weighted by atomic mass is 16.5. The summed E-state index contributed by atoms with van der Waals surface area (Å²) in [6.07, 6.45) is 3.47. The lowest BCUT2D eigenvalue weighted by atomic mass is 9.78. The Labute approximate surface area is 167 Å². The van der Waals surface area contributed by atoms with Crippen LogP contribution in [0.2, 0.25) is 0 Å². The molecule has 4 fully saturated rings. The summed E-state index contributed by atoms with van der Waals surface area (Å²) in [7, 11) is 0. The quantitative estimate of drug-likeness (QED) is 0.628. The van der Waals surface area contributed by atoms with Crippen molar-refractivity contribution in [2.45, 2.75) is 75.8 Å². The van der Waals surface area contributed by atoms with E-state index in [0.717, 1.165) is 32.7 Å². The molecule has 2 aliphatic heterocycles. The maximum atomic E-state index is 13.4. The van der Waals surface area contributed by atoms with Crippen LogP contribution in [0.5, 0.6) is 0 Å². The number of ether oxygens (including phenoxy) is 2. The molecule has 0 bridgehead atoms. The van der Waals surface area contributed by atoms with Crippen LogP contribution >= 0.6 is 0 Å². The van der Waals surface area contributed by atoms with Gasteiger partial charge in [-0.15, -0.1) is 0 Å².